The Morgan fingerprint density at radius 1 is 0.706 bits per heavy atom. The number of hydrogen-bond donors (Lipinski definition) is 6. The van der Waals surface area contributed by atoms with Crippen molar-refractivity contribution in [3.63, 3.8) is 0 Å². The minimum atomic E-state index is -6.09. The summed E-state index contributed by atoms with van der Waals surface area (Å²) >= 11 is 8.39. The van der Waals surface area contributed by atoms with E-state index in [2.05, 4.69) is 33.1 Å². The second-order valence-corrected chi connectivity index (χ2v) is 25.3. The van der Waals surface area contributed by atoms with E-state index in [0.29, 0.717) is 42.7 Å². The van der Waals surface area contributed by atoms with Crippen LogP contribution in [0.15, 0.2) is 93.7 Å². The summed E-state index contributed by atoms with van der Waals surface area (Å²) in [6, 6.07) is 8.40. The average Bonchev–Trinajstić information content (AvgIpc) is 1.60. The van der Waals surface area contributed by atoms with Gasteiger partial charge in [-0.05, 0) is 38.1 Å². The first-order chi connectivity index (χ1) is 39.7. The molecule has 8 N–H and O–H groups in total. The Balaban J connectivity index is 0.000000197. The number of hydrogen-bond acceptors (Lipinski definition) is 23. The molecule has 10 heterocycles. The largest absolute Gasteiger partial charge is 0.741 e. The van der Waals surface area contributed by atoms with E-state index in [4.69, 9.17) is 44.0 Å². The number of nitrogens with zero attached hydrogens (tertiary/aromatic N) is 6. The second kappa shape index (κ2) is 25.8. The maximum absolute atomic E-state index is 13.1. The Kier molecular flexibility index (Phi) is 19.6. The Bertz CT molecular complexity index is 3720. The van der Waals surface area contributed by atoms with Crippen molar-refractivity contribution >= 4 is 172 Å². The predicted octanol–water partition coefficient (Wildman–Crippen LogP) is 3.04. The van der Waals surface area contributed by atoms with Crippen LogP contribution in [0.25, 0.3) is 30.2 Å². The van der Waals surface area contributed by atoms with E-state index in [9.17, 15) is 65.3 Å². The number of aryl methyl sites for hydroxylation is 2. The third-order valence-corrected chi connectivity index (χ3v) is 18.3. The molecule has 6 aromatic heterocycles. The second-order valence-electron chi connectivity index (χ2n) is 17.5. The van der Waals surface area contributed by atoms with Gasteiger partial charge in [0, 0.05) is 66.1 Å². The number of aromatic nitrogens is 2. The van der Waals surface area contributed by atoms with Crippen LogP contribution in [0.5, 0.6) is 0 Å². The lowest BCUT2D eigenvalue weighted by Crippen LogP contribution is -2.73. The van der Waals surface area contributed by atoms with Crippen LogP contribution in [-0.2, 0) is 53.4 Å². The van der Waals surface area contributed by atoms with Crippen molar-refractivity contribution in [1.29, 1.82) is 0 Å². The number of carbonyl (C=O) groups is 7. The monoisotopic (exact) mass is 1320 g/mol. The van der Waals surface area contributed by atoms with E-state index in [1.54, 1.807) is 67.1 Å². The number of oxime groups is 2. The fraction of sp³-hybridized carbons (Fsp3) is 0.255. The van der Waals surface area contributed by atoms with Crippen LogP contribution in [0.4, 0.5) is 36.3 Å². The SMILES string of the molecule is CON=C(C(=O)NC1C(=O)N2C(C(=O)O)=C([n+]3ccc4cc(C)sc4c3)SCC12)c1csc(N)c1.CON=C(C(=O)NC1C(=O)N2C(C(=O)O)=C([n+]3ccc4cc(C)sc4c3)SCC12)c1csc(N)c1.O=C([O-])C(F)(F)F.O=S(=O)([O-])C(F)(F)F. The van der Waals surface area contributed by atoms with Crippen LogP contribution in [-0.4, -0.2) is 148 Å². The smallest absolute Gasteiger partial charge is 0.485 e. The highest BCUT2D eigenvalue weighted by molar-refractivity contribution is 8.08. The number of carbonyl (C=O) groups excluding carboxylic acids is 5. The zero-order chi connectivity index (χ0) is 62.8. The van der Waals surface area contributed by atoms with Crippen LogP contribution < -0.4 is 36.3 Å². The van der Waals surface area contributed by atoms with Gasteiger partial charge in [0.2, 0.25) is 11.4 Å². The zero-order valence-electron chi connectivity index (χ0n) is 43.3. The average molecular weight is 1320 g/mol. The Hall–Kier alpha value is -7.88. The molecule has 6 aromatic rings. The molecule has 4 aliphatic heterocycles. The molecule has 0 saturated carbocycles. The number of nitrogen functional groups attached to an aromatic ring is 2. The number of anilines is 2. The van der Waals surface area contributed by atoms with Crippen LogP contribution in [0, 0.1) is 13.8 Å². The molecule has 4 atom stereocenters. The molecule has 4 amide bonds. The molecule has 2 saturated heterocycles. The molecule has 85 heavy (non-hydrogen) atoms. The summed E-state index contributed by atoms with van der Waals surface area (Å²) in [7, 11) is -3.46. The first-order valence-electron chi connectivity index (χ1n) is 23.3. The van der Waals surface area contributed by atoms with Crippen molar-refractivity contribution < 1.29 is 107 Å². The molecule has 0 aliphatic carbocycles. The van der Waals surface area contributed by atoms with E-state index in [0.717, 1.165) is 29.9 Å². The van der Waals surface area contributed by atoms with Gasteiger partial charge in [-0.15, -0.1) is 45.3 Å². The van der Waals surface area contributed by atoms with Crippen molar-refractivity contribution in [1.82, 2.24) is 20.4 Å². The zero-order valence-corrected chi connectivity index (χ0v) is 49.0. The molecule has 10 rings (SSSR count). The highest BCUT2D eigenvalue weighted by atomic mass is 32.2. The lowest BCUT2D eigenvalue weighted by molar-refractivity contribution is -0.572. The topological polar surface area (TPSA) is 374 Å². The molecular formula is C47H40F6N10O15S7. The van der Waals surface area contributed by atoms with Gasteiger partial charge < -0.3 is 56.4 Å². The number of fused-ring (bicyclic) bond motifs is 4. The van der Waals surface area contributed by atoms with Gasteiger partial charge >= 0.3 is 23.6 Å². The first-order valence-corrected chi connectivity index (χ1v) is 30.1. The normalized spacial score (nSPS) is 18.7. The quantitative estimate of drug-likeness (QED) is 0.0195. The molecule has 0 radical (unpaired) electrons. The van der Waals surface area contributed by atoms with Crippen molar-refractivity contribution in [2.24, 2.45) is 10.3 Å². The minimum absolute atomic E-state index is 0.0139. The van der Waals surface area contributed by atoms with Crippen molar-refractivity contribution in [2.75, 3.05) is 37.2 Å². The Morgan fingerprint density at radius 3 is 1.34 bits per heavy atom. The van der Waals surface area contributed by atoms with Crippen molar-refractivity contribution in [2.45, 2.75) is 49.7 Å². The number of nitrogens with one attached hydrogen (secondary N) is 2. The van der Waals surface area contributed by atoms with Gasteiger partial charge in [-0.2, -0.15) is 35.5 Å². The lowest BCUT2D eigenvalue weighted by atomic mass is 9.94. The number of amides is 4. The number of halogens is 6. The van der Waals surface area contributed by atoms with Gasteiger partial charge in [0.05, 0.1) is 31.5 Å². The van der Waals surface area contributed by atoms with Gasteiger partial charge in [0.1, 0.15) is 32.3 Å². The summed E-state index contributed by atoms with van der Waals surface area (Å²) in [6.07, 6.45) is 2.15. The highest BCUT2D eigenvalue weighted by Gasteiger charge is 2.57. The van der Waals surface area contributed by atoms with Crippen molar-refractivity contribution in [3.8, 4) is 0 Å². The molecular weight excluding hydrogens is 1280 g/mol. The van der Waals surface area contributed by atoms with Crippen LogP contribution in [0.2, 0.25) is 0 Å². The van der Waals surface area contributed by atoms with Crippen LogP contribution in [0.1, 0.15) is 20.9 Å². The number of pyridine rings is 2. The third kappa shape index (κ3) is 14.3. The minimum Gasteiger partial charge on any atom is -0.741 e. The van der Waals surface area contributed by atoms with E-state index in [1.807, 2.05) is 38.4 Å². The number of aliphatic carboxylic acids is 3. The number of thiophene rings is 4. The number of nitrogens with two attached hydrogens (primary N) is 2. The Labute approximate surface area is 498 Å². The van der Waals surface area contributed by atoms with Crippen molar-refractivity contribution in [3.05, 3.63) is 104 Å². The van der Waals surface area contributed by atoms with Gasteiger partial charge in [-0.1, -0.05) is 33.8 Å². The molecule has 2 fully saturated rings. The summed E-state index contributed by atoms with van der Waals surface area (Å²) < 4.78 is 96.0. The van der Waals surface area contributed by atoms with E-state index in [1.165, 1.54) is 70.2 Å². The number of β-lactam (4-membered cyclic amide) rings is 2. The summed E-state index contributed by atoms with van der Waals surface area (Å²) in [6.45, 7) is 4.03. The number of carboxylic acid groups (broad SMARTS) is 3. The number of thioether (sulfide) groups is 2. The lowest BCUT2D eigenvalue weighted by Gasteiger charge is -2.48. The summed E-state index contributed by atoms with van der Waals surface area (Å²) in [5, 5.41) is 49.1. The maximum Gasteiger partial charge on any atom is 0.485 e. The van der Waals surface area contributed by atoms with Crippen LogP contribution >= 0.6 is 68.9 Å². The summed E-state index contributed by atoms with van der Waals surface area (Å²) in [4.78, 5) is 99.7. The van der Waals surface area contributed by atoms with E-state index >= 15 is 0 Å². The molecule has 4 aliphatic rings. The highest BCUT2D eigenvalue weighted by Crippen LogP contribution is 2.41. The molecule has 4 unspecified atom stereocenters. The maximum atomic E-state index is 13.1. The predicted molar refractivity (Wildman–Crippen MR) is 297 cm³/mol. The van der Waals surface area contributed by atoms with Crippen LogP contribution in [0.3, 0.4) is 0 Å². The number of carboxylic acids is 3. The standard InChI is InChI=1S/2C22H19N5O5S3.C2HF3O2.CHF3O3S/c2*1-10-5-11-3-4-26(7-14(11)35-10)21-18(22(30)31)27-13(9-34-21)17(20(27)29)24-19(28)16(25-32-2)12-6-15(23)33-8-12;3-2(4,5)1(6)7;2-1(3,4)8(5,6)7/h2*3-8,13,17H,9,23H2,1-2H3,(H-,24,28,30,31);(H,6,7);(H,5,6,7). The van der Waals surface area contributed by atoms with Gasteiger partial charge in [0.15, 0.2) is 46.3 Å². The fourth-order valence-corrected chi connectivity index (χ4v) is 13.9. The fourth-order valence-electron chi connectivity index (χ4n) is 8.24. The molecule has 0 bridgehead atoms. The Morgan fingerprint density at radius 2 is 1.06 bits per heavy atom. The molecule has 0 spiro atoms. The van der Waals surface area contributed by atoms with Gasteiger partial charge in [0.25, 0.3) is 33.7 Å². The summed E-state index contributed by atoms with van der Waals surface area (Å²) in [5.41, 5.74) is 6.59. The van der Waals surface area contributed by atoms with Gasteiger partial charge in [-0.25, -0.2) is 18.0 Å². The third-order valence-electron chi connectivity index (χ3n) is 11.8. The number of rotatable bonds is 12. The first kappa shape index (κ1) is 64.7. The van der Waals surface area contributed by atoms with E-state index < -0.39 is 87.5 Å². The molecule has 38 heteroatoms. The molecule has 25 nitrogen and oxygen atoms in total. The number of alkyl halides is 6. The summed E-state index contributed by atoms with van der Waals surface area (Å²) in [5.74, 6) is -6.78. The van der Waals surface area contributed by atoms with Gasteiger partial charge in [-0.3, -0.25) is 29.0 Å². The molecule has 0 aromatic carbocycles. The molecule has 452 valence electrons. The van der Waals surface area contributed by atoms with E-state index in [-0.39, 0.29) is 22.8 Å².